The Balaban J connectivity index is 2.27. The SMILES string of the molecule is CCCC(N)CNc1cnccn1. The third-order valence-corrected chi connectivity index (χ3v) is 1.77. The first kappa shape index (κ1) is 9.92. The number of rotatable bonds is 5. The predicted octanol–water partition coefficient (Wildman–Crippen LogP) is 1.02. The maximum absolute atomic E-state index is 5.82. The zero-order valence-electron chi connectivity index (χ0n) is 7.90. The van der Waals surface area contributed by atoms with Crippen LogP contribution in [0.15, 0.2) is 18.6 Å². The molecule has 72 valence electrons. The number of hydrogen-bond donors (Lipinski definition) is 2. The number of nitrogens with two attached hydrogens (primary N) is 1. The van der Waals surface area contributed by atoms with Crippen LogP contribution in [0.3, 0.4) is 0 Å². The van der Waals surface area contributed by atoms with Crippen LogP contribution in [0, 0.1) is 0 Å². The van der Waals surface area contributed by atoms with Crippen LogP contribution in [0.1, 0.15) is 19.8 Å². The molecule has 1 heterocycles. The number of anilines is 1. The molecule has 0 saturated carbocycles. The van der Waals surface area contributed by atoms with Crippen molar-refractivity contribution in [2.45, 2.75) is 25.8 Å². The number of aromatic nitrogens is 2. The van der Waals surface area contributed by atoms with E-state index in [2.05, 4.69) is 22.2 Å². The summed E-state index contributed by atoms with van der Waals surface area (Å²) in [4.78, 5) is 8.02. The smallest absolute Gasteiger partial charge is 0.144 e. The van der Waals surface area contributed by atoms with Gasteiger partial charge in [0.15, 0.2) is 0 Å². The fourth-order valence-electron chi connectivity index (χ4n) is 1.10. The maximum atomic E-state index is 5.82. The lowest BCUT2D eigenvalue weighted by Gasteiger charge is -2.11. The van der Waals surface area contributed by atoms with Crippen molar-refractivity contribution < 1.29 is 0 Å². The monoisotopic (exact) mass is 180 g/mol. The lowest BCUT2D eigenvalue weighted by atomic mass is 10.2. The van der Waals surface area contributed by atoms with Gasteiger partial charge in [0, 0.05) is 25.0 Å². The third-order valence-electron chi connectivity index (χ3n) is 1.77. The van der Waals surface area contributed by atoms with Crippen molar-refractivity contribution in [2.75, 3.05) is 11.9 Å². The molecule has 0 aliphatic heterocycles. The third kappa shape index (κ3) is 3.85. The molecular weight excluding hydrogens is 164 g/mol. The van der Waals surface area contributed by atoms with Gasteiger partial charge < -0.3 is 11.1 Å². The molecule has 0 aliphatic rings. The first-order chi connectivity index (χ1) is 6.33. The summed E-state index contributed by atoms with van der Waals surface area (Å²) in [5.74, 6) is 0.786. The van der Waals surface area contributed by atoms with E-state index in [1.54, 1.807) is 18.6 Å². The Morgan fingerprint density at radius 1 is 1.54 bits per heavy atom. The van der Waals surface area contributed by atoms with Crippen molar-refractivity contribution in [2.24, 2.45) is 5.73 Å². The summed E-state index contributed by atoms with van der Waals surface area (Å²) in [6, 6.07) is 0.201. The topological polar surface area (TPSA) is 63.8 Å². The number of nitrogens with one attached hydrogen (secondary N) is 1. The van der Waals surface area contributed by atoms with Gasteiger partial charge in [-0.25, -0.2) is 4.98 Å². The van der Waals surface area contributed by atoms with E-state index >= 15 is 0 Å². The Kier molecular flexibility index (Phi) is 4.18. The largest absolute Gasteiger partial charge is 0.367 e. The number of hydrogen-bond acceptors (Lipinski definition) is 4. The molecule has 1 atom stereocenters. The summed E-state index contributed by atoms with van der Waals surface area (Å²) in [7, 11) is 0. The second-order valence-electron chi connectivity index (χ2n) is 3.02. The van der Waals surface area contributed by atoms with Gasteiger partial charge in [0.2, 0.25) is 0 Å². The molecule has 0 amide bonds. The molecule has 13 heavy (non-hydrogen) atoms. The molecule has 1 unspecified atom stereocenters. The van der Waals surface area contributed by atoms with Crippen LogP contribution >= 0.6 is 0 Å². The van der Waals surface area contributed by atoms with Crippen LogP contribution in [0.2, 0.25) is 0 Å². The first-order valence-corrected chi connectivity index (χ1v) is 4.58. The Morgan fingerprint density at radius 3 is 3.00 bits per heavy atom. The first-order valence-electron chi connectivity index (χ1n) is 4.58. The Morgan fingerprint density at radius 2 is 2.38 bits per heavy atom. The molecule has 3 N–H and O–H groups in total. The molecule has 0 aromatic carbocycles. The number of nitrogens with zero attached hydrogens (tertiary/aromatic N) is 2. The van der Waals surface area contributed by atoms with Gasteiger partial charge in [-0.15, -0.1) is 0 Å². The summed E-state index contributed by atoms with van der Waals surface area (Å²) < 4.78 is 0. The Hall–Kier alpha value is -1.16. The minimum absolute atomic E-state index is 0.201. The van der Waals surface area contributed by atoms with Crippen molar-refractivity contribution in [1.29, 1.82) is 0 Å². The molecule has 0 radical (unpaired) electrons. The van der Waals surface area contributed by atoms with Crippen molar-refractivity contribution in [3.8, 4) is 0 Å². The summed E-state index contributed by atoms with van der Waals surface area (Å²) in [6.45, 7) is 2.88. The Labute approximate surface area is 78.6 Å². The van der Waals surface area contributed by atoms with E-state index in [0.29, 0.717) is 0 Å². The lowest BCUT2D eigenvalue weighted by molar-refractivity contribution is 0.626. The highest BCUT2D eigenvalue weighted by atomic mass is 15.0. The minimum atomic E-state index is 0.201. The van der Waals surface area contributed by atoms with Crippen molar-refractivity contribution in [3.05, 3.63) is 18.6 Å². The zero-order valence-corrected chi connectivity index (χ0v) is 7.90. The normalized spacial score (nSPS) is 12.5. The van der Waals surface area contributed by atoms with E-state index in [4.69, 9.17) is 5.73 Å². The molecule has 0 bridgehead atoms. The van der Waals surface area contributed by atoms with Crippen LogP contribution in [0.4, 0.5) is 5.82 Å². The van der Waals surface area contributed by atoms with Crippen LogP contribution in [-0.2, 0) is 0 Å². The van der Waals surface area contributed by atoms with Crippen molar-refractivity contribution in [3.63, 3.8) is 0 Å². The van der Waals surface area contributed by atoms with E-state index in [-0.39, 0.29) is 6.04 Å². The van der Waals surface area contributed by atoms with Gasteiger partial charge in [0.05, 0.1) is 6.20 Å². The molecule has 1 rings (SSSR count). The zero-order chi connectivity index (χ0) is 9.52. The molecule has 0 aliphatic carbocycles. The van der Waals surface area contributed by atoms with E-state index < -0.39 is 0 Å². The lowest BCUT2D eigenvalue weighted by Crippen LogP contribution is -2.28. The highest BCUT2D eigenvalue weighted by Gasteiger charge is 2.00. The average Bonchev–Trinajstić information content (AvgIpc) is 2.17. The summed E-state index contributed by atoms with van der Waals surface area (Å²) in [6.07, 6.45) is 7.15. The fraction of sp³-hybridized carbons (Fsp3) is 0.556. The van der Waals surface area contributed by atoms with Crippen LogP contribution < -0.4 is 11.1 Å². The molecular formula is C9H16N4. The highest BCUT2D eigenvalue weighted by molar-refractivity contribution is 5.29. The van der Waals surface area contributed by atoms with Crippen LogP contribution in [-0.4, -0.2) is 22.6 Å². The molecule has 0 fully saturated rings. The van der Waals surface area contributed by atoms with Gasteiger partial charge in [-0.3, -0.25) is 4.98 Å². The summed E-state index contributed by atoms with van der Waals surface area (Å²) in [5.41, 5.74) is 5.82. The van der Waals surface area contributed by atoms with Crippen LogP contribution in [0.5, 0.6) is 0 Å². The van der Waals surface area contributed by atoms with Crippen molar-refractivity contribution in [1.82, 2.24) is 9.97 Å². The maximum Gasteiger partial charge on any atom is 0.144 e. The highest BCUT2D eigenvalue weighted by Crippen LogP contribution is 1.98. The fourth-order valence-corrected chi connectivity index (χ4v) is 1.10. The van der Waals surface area contributed by atoms with E-state index in [1.807, 2.05) is 0 Å². The quantitative estimate of drug-likeness (QED) is 0.710. The van der Waals surface area contributed by atoms with Crippen LogP contribution in [0.25, 0.3) is 0 Å². The van der Waals surface area contributed by atoms with E-state index in [9.17, 15) is 0 Å². The molecule has 1 aromatic heterocycles. The van der Waals surface area contributed by atoms with Crippen molar-refractivity contribution >= 4 is 5.82 Å². The molecule has 4 heteroatoms. The van der Waals surface area contributed by atoms with Gasteiger partial charge in [0.25, 0.3) is 0 Å². The van der Waals surface area contributed by atoms with Gasteiger partial charge >= 0.3 is 0 Å². The van der Waals surface area contributed by atoms with Gasteiger partial charge in [-0.2, -0.15) is 0 Å². The molecule has 0 spiro atoms. The van der Waals surface area contributed by atoms with Gasteiger partial charge in [0.1, 0.15) is 5.82 Å². The standard InChI is InChI=1S/C9H16N4/c1-2-3-8(10)6-13-9-7-11-4-5-12-9/h4-5,7-8H,2-3,6,10H2,1H3,(H,12,13). The van der Waals surface area contributed by atoms with Gasteiger partial charge in [-0.1, -0.05) is 13.3 Å². The average molecular weight is 180 g/mol. The second kappa shape index (κ2) is 5.48. The second-order valence-corrected chi connectivity index (χ2v) is 3.02. The molecule has 4 nitrogen and oxygen atoms in total. The minimum Gasteiger partial charge on any atom is -0.367 e. The summed E-state index contributed by atoms with van der Waals surface area (Å²) >= 11 is 0. The molecule has 1 aromatic rings. The predicted molar refractivity (Wildman–Crippen MR) is 53.4 cm³/mol. The molecule has 0 saturated heterocycles. The van der Waals surface area contributed by atoms with E-state index in [0.717, 1.165) is 25.2 Å². The summed E-state index contributed by atoms with van der Waals surface area (Å²) in [5, 5.41) is 3.13. The van der Waals surface area contributed by atoms with Gasteiger partial charge in [-0.05, 0) is 6.42 Å². The van der Waals surface area contributed by atoms with E-state index in [1.165, 1.54) is 0 Å². The Bertz CT molecular complexity index is 224.